The summed E-state index contributed by atoms with van der Waals surface area (Å²) in [5.41, 5.74) is 2.80. The Labute approximate surface area is 154 Å². The van der Waals surface area contributed by atoms with Crippen LogP contribution in [-0.4, -0.2) is 46.9 Å². The van der Waals surface area contributed by atoms with Gasteiger partial charge in [-0.25, -0.2) is 0 Å². The number of carboxylic acid groups (broad SMARTS) is 1. The van der Waals surface area contributed by atoms with E-state index < -0.39 is 5.97 Å². The SMILES string of the molecule is CCCN(CC(=O)O)C(=O)c1cccc(CN(C)Cc2ccccc2)c1. The lowest BCUT2D eigenvalue weighted by Gasteiger charge is -2.21. The molecule has 5 nitrogen and oxygen atoms in total. The molecule has 0 heterocycles. The first-order chi connectivity index (χ1) is 12.5. The van der Waals surface area contributed by atoms with Crippen LogP contribution in [0.5, 0.6) is 0 Å². The van der Waals surface area contributed by atoms with E-state index in [9.17, 15) is 9.59 Å². The van der Waals surface area contributed by atoms with Gasteiger partial charge in [0.2, 0.25) is 0 Å². The van der Waals surface area contributed by atoms with E-state index in [0.29, 0.717) is 18.7 Å². The lowest BCUT2D eigenvalue weighted by molar-refractivity contribution is -0.137. The van der Waals surface area contributed by atoms with Crippen molar-refractivity contribution in [1.29, 1.82) is 0 Å². The van der Waals surface area contributed by atoms with E-state index in [4.69, 9.17) is 5.11 Å². The molecule has 5 heteroatoms. The monoisotopic (exact) mass is 354 g/mol. The van der Waals surface area contributed by atoms with Crippen LogP contribution in [0, 0.1) is 0 Å². The molecular weight excluding hydrogens is 328 g/mol. The van der Waals surface area contributed by atoms with Crippen molar-refractivity contribution in [3.63, 3.8) is 0 Å². The van der Waals surface area contributed by atoms with Gasteiger partial charge in [0.05, 0.1) is 0 Å². The smallest absolute Gasteiger partial charge is 0.323 e. The second-order valence-electron chi connectivity index (χ2n) is 6.48. The zero-order chi connectivity index (χ0) is 18.9. The number of benzene rings is 2. The summed E-state index contributed by atoms with van der Waals surface area (Å²) in [4.78, 5) is 27.2. The van der Waals surface area contributed by atoms with Gasteiger partial charge < -0.3 is 10.0 Å². The quantitative estimate of drug-likeness (QED) is 0.751. The Kier molecular flexibility index (Phi) is 7.36. The molecule has 0 fully saturated rings. The molecule has 2 aromatic carbocycles. The number of hydrogen-bond acceptors (Lipinski definition) is 3. The summed E-state index contributed by atoms with van der Waals surface area (Å²) in [6.45, 7) is 3.62. The Balaban J connectivity index is 2.06. The fraction of sp³-hybridized carbons (Fsp3) is 0.333. The molecule has 0 aliphatic rings. The van der Waals surface area contributed by atoms with E-state index in [0.717, 1.165) is 18.5 Å². The minimum Gasteiger partial charge on any atom is -0.480 e. The van der Waals surface area contributed by atoms with Crippen LogP contribution < -0.4 is 0 Å². The summed E-state index contributed by atoms with van der Waals surface area (Å²) < 4.78 is 0. The van der Waals surface area contributed by atoms with Gasteiger partial charge in [0.25, 0.3) is 5.91 Å². The number of aliphatic carboxylic acids is 1. The number of nitrogens with zero attached hydrogens (tertiary/aromatic N) is 2. The Bertz CT molecular complexity index is 731. The molecule has 26 heavy (non-hydrogen) atoms. The van der Waals surface area contributed by atoms with Crippen LogP contribution in [0.1, 0.15) is 34.8 Å². The largest absolute Gasteiger partial charge is 0.480 e. The van der Waals surface area contributed by atoms with Crippen LogP contribution in [0.3, 0.4) is 0 Å². The predicted molar refractivity (Wildman–Crippen MR) is 102 cm³/mol. The maximum atomic E-state index is 12.6. The molecule has 2 aromatic rings. The first kappa shape index (κ1) is 19.7. The van der Waals surface area contributed by atoms with Crippen LogP contribution in [0.25, 0.3) is 0 Å². The Morgan fingerprint density at radius 1 is 0.962 bits per heavy atom. The second-order valence-corrected chi connectivity index (χ2v) is 6.48. The van der Waals surface area contributed by atoms with Crippen molar-refractivity contribution in [2.24, 2.45) is 0 Å². The van der Waals surface area contributed by atoms with Gasteiger partial charge in [-0.15, -0.1) is 0 Å². The Morgan fingerprint density at radius 3 is 2.27 bits per heavy atom. The van der Waals surface area contributed by atoms with E-state index in [-0.39, 0.29) is 12.5 Å². The normalized spacial score (nSPS) is 10.7. The molecule has 0 spiro atoms. The molecular formula is C21H26N2O3. The van der Waals surface area contributed by atoms with Crippen LogP contribution in [0.15, 0.2) is 54.6 Å². The molecule has 2 rings (SSSR count). The molecule has 0 saturated carbocycles. The van der Waals surface area contributed by atoms with Crippen molar-refractivity contribution in [3.05, 3.63) is 71.3 Å². The summed E-state index contributed by atoms with van der Waals surface area (Å²) >= 11 is 0. The topological polar surface area (TPSA) is 60.9 Å². The number of carboxylic acids is 1. The fourth-order valence-electron chi connectivity index (χ4n) is 2.93. The molecule has 0 unspecified atom stereocenters. The summed E-state index contributed by atoms with van der Waals surface area (Å²) in [6.07, 6.45) is 0.721. The molecule has 0 radical (unpaired) electrons. The van der Waals surface area contributed by atoms with Crippen molar-refractivity contribution in [3.8, 4) is 0 Å². The van der Waals surface area contributed by atoms with Gasteiger partial charge in [-0.1, -0.05) is 49.4 Å². The van der Waals surface area contributed by atoms with Gasteiger partial charge in [-0.3, -0.25) is 14.5 Å². The number of amides is 1. The van der Waals surface area contributed by atoms with E-state index in [1.165, 1.54) is 10.5 Å². The van der Waals surface area contributed by atoms with Crippen molar-refractivity contribution in [2.45, 2.75) is 26.4 Å². The lowest BCUT2D eigenvalue weighted by Crippen LogP contribution is -2.36. The van der Waals surface area contributed by atoms with E-state index in [1.807, 2.05) is 50.4 Å². The third kappa shape index (κ3) is 6.01. The lowest BCUT2D eigenvalue weighted by atomic mass is 10.1. The highest BCUT2D eigenvalue weighted by molar-refractivity contribution is 5.96. The van der Waals surface area contributed by atoms with Gasteiger partial charge in [-0.2, -0.15) is 0 Å². The number of carbonyl (C=O) groups is 2. The summed E-state index contributed by atoms with van der Waals surface area (Å²) in [5, 5.41) is 9.02. The summed E-state index contributed by atoms with van der Waals surface area (Å²) in [6, 6.07) is 17.7. The van der Waals surface area contributed by atoms with Crippen LogP contribution in [-0.2, 0) is 17.9 Å². The molecule has 0 aliphatic heterocycles. The number of carbonyl (C=O) groups excluding carboxylic acids is 1. The van der Waals surface area contributed by atoms with Crippen molar-refractivity contribution in [2.75, 3.05) is 20.1 Å². The summed E-state index contributed by atoms with van der Waals surface area (Å²) in [7, 11) is 2.04. The van der Waals surface area contributed by atoms with Gasteiger partial charge in [0.1, 0.15) is 6.54 Å². The standard InChI is InChI=1S/C21H26N2O3/c1-3-12-23(16-20(24)25)21(26)19-11-7-10-18(13-19)15-22(2)14-17-8-5-4-6-9-17/h4-11,13H,3,12,14-16H2,1-2H3,(H,24,25). The van der Waals surface area contributed by atoms with Crippen molar-refractivity contribution in [1.82, 2.24) is 9.80 Å². The zero-order valence-electron chi connectivity index (χ0n) is 15.4. The van der Waals surface area contributed by atoms with Gasteiger partial charge in [0.15, 0.2) is 0 Å². The predicted octanol–water partition coefficient (Wildman–Crippen LogP) is 3.26. The first-order valence-electron chi connectivity index (χ1n) is 8.82. The van der Waals surface area contributed by atoms with Crippen LogP contribution in [0.2, 0.25) is 0 Å². The number of hydrogen-bond donors (Lipinski definition) is 1. The Hall–Kier alpha value is -2.66. The first-order valence-corrected chi connectivity index (χ1v) is 8.82. The fourth-order valence-corrected chi connectivity index (χ4v) is 2.93. The molecule has 0 aromatic heterocycles. The molecule has 1 N–H and O–H groups in total. The van der Waals surface area contributed by atoms with E-state index in [2.05, 4.69) is 17.0 Å². The minimum absolute atomic E-state index is 0.234. The average molecular weight is 354 g/mol. The van der Waals surface area contributed by atoms with Crippen LogP contribution >= 0.6 is 0 Å². The third-order valence-electron chi connectivity index (χ3n) is 4.03. The van der Waals surface area contributed by atoms with Gasteiger partial charge in [0, 0.05) is 25.2 Å². The van der Waals surface area contributed by atoms with Crippen molar-refractivity contribution >= 4 is 11.9 Å². The maximum Gasteiger partial charge on any atom is 0.323 e. The average Bonchev–Trinajstić information content (AvgIpc) is 2.61. The highest BCUT2D eigenvalue weighted by atomic mass is 16.4. The summed E-state index contributed by atoms with van der Waals surface area (Å²) in [5.74, 6) is -1.23. The molecule has 1 amide bonds. The molecule has 138 valence electrons. The highest BCUT2D eigenvalue weighted by Crippen LogP contribution is 2.12. The molecule has 0 aliphatic carbocycles. The van der Waals surface area contributed by atoms with Crippen molar-refractivity contribution < 1.29 is 14.7 Å². The molecule has 0 atom stereocenters. The molecule has 0 saturated heterocycles. The van der Waals surface area contributed by atoms with Gasteiger partial charge >= 0.3 is 5.97 Å². The second kappa shape index (κ2) is 9.73. The van der Waals surface area contributed by atoms with Crippen LogP contribution in [0.4, 0.5) is 0 Å². The van der Waals surface area contributed by atoms with E-state index in [1.54, 1.807) is 6.07 Å². The number of rotatable bonds is 9. The minimum atomic E-state index is -0.995. The third-order valence-corrected chi connectivity index (χ3v) is 4.03. The molecule has 0 bridgehead atoms. The Morgan fingerprint density at radius 2 is 1.62 bits per heavy atom. The highest BCUT2D eigenvalue weighted by Gasteiger charge is 2.18. The maximum absolute atomic E-state index is 12.6. The van der Waals surface area contributed by atoms with E-state index >= 15 is 0 Å². The van der Waals surface area contributed by atoms with Gasteiger partial charge in [-0.05, 0) is 36.7 Å². The zero-order valence-corrected chi connectivity index (χ0v) is 15.4.